The highest BCUT2D eigenvalue weighted by Crippen LogP contribution is 2.33. The highest BCUT2D eigenvalue weighted by atomic mass is 16.2. The normalized spacial score (nSPS) is 20.7. The lowest BCUT2D eigenvalue weighted by Crippen LogP contribution is -2.68. The molecule has 7 nitrogen and oxygen atoms in total. The summed E-state index contributed by atoms with van der Waals surface area (Å²) in [5.41, 5.74) is 0.516. The zero-order chi connectivity index (χ0) is 17.9. The number of rotatable bonds is 4. The summed E-state index contributed by atoms with van der Waals surface area (Å²) in [6, 6.07) is 6.00. The number of nitrogens with zero attached hydrogens (tertiary/aromatic N) is 4. The van der Waals surface area contributed by atoms with Crippen LogP contribution in [0.4, 0.5) is 0 Å². The van der Waals surface area contributed by atoms with Gasteiger partial charge in [-0.2, -0.15) is 5.26 Å². The van der Waals surface area contributed by atoms with Crippen molar-refractivity contribution in [1.29, 1.82) is 5.26 Å². The monoisotopic (exact) mass is 343 g/mol. The summed E-state index contributed by atoms with van der Waals surface area (Å²) < 4.78 is 0. The second-order valence-corrected chi connectivity index (χ2v) is 6.91. The number of hydrogen-bond donors (Lipinski definition) is 1. The number of nitriles is 1. The molecule has 1 aromatic rings. The van der Waals surface area contributed by atoms with Gasteiger partial charge in [0.2, 0.25) is 11.8 Å². The largest absolute Gasteiger partial charge is 0.365 e. The fraction of sp³-hybridized carbons (Fsp3) is 0.611. The molecule has 2 aliphatic rings. The Morgan fingerprint density at radius 1 is 1.32 bits per heavy atom. The van der Waals surface area contributed by atoms with E-state index in [4.69, 9.17) is 5.26 Å². The standard InChI is InChI=1S/C18H25N5O2/c1-21-13-14-23(12-8-19)17(25)18(21)6-10-22(11-7-18)16(24)5-4-15-3-2-9-20-15/h2-3,9,20H,4-7,10-14H2,1H3. The molecule has 1 N–H and O–H groups in total. The van der Waals surface area contributed by atoms with Crippen molar-refractivity contribution >= 4 is 11.8 Å². The quantitative estimate of drug-likeness (QED) is 0.812. The number of carbonyl (C=O) groups excluding carboxylic acids is 2. The van der Waals surface area contributed by atoms with Crippen molar-refractivity contribution in [3.8, 4) is 6.07 Å². The summed E-state index contributed by atoms with van der Waals surface area (Å²) in [5, 5.41) is 8.93. The van der Waals surface area contributed by atoms with Crippen molar-refractivity contribution in [3.63, 3.8) is 0 Å². The second-order valence-electron chi connectivity index (χ2n) is 6.91. The van der Waals surface area contributed by atoms with Crippen LogP contribution in [0.3, 0.4) is 0 Å². The van der Waals surface area contributed by atoms with Gasteiger partial charge in [-0.3, -0.25) is 14.5 Å². The minimum Gasteiger partial charge on any atom is -0.365 e. The number of piperazine rings is 1. The number of amides is 2. The third-order valence-electron chi connectivity index (χ3n) is 5.60. The molecule has 25 heavy (non-hydrogen) atoms. The van der Waals surface area contributed by atoms with Crippen LogP contribution < -0.4 is 0 Å². The first-order chi connectivity index (χ1) is 12.1. The molecule has 2 aliphatic heterocycles. The Kier molecular flexibility index (Phi) is 5.09. The summed E-state index contributed by atoms with van der Waals surface area (Å²) in [7, 11) is 1.98. The molecule has 0 saturated carbocycles. The van der Waals surface area contributed by atoms with E-state index in [0.717, 1.165) is 12.2 Å². The van der Waals surface area contributed by atoms with Crippen LogP contribution in [0.2, 0.25) is 0 Å². The number of aromatic nitrogens is 1. The predicted molar refractivity (Wildman–Crippen MR) is 92.5 cm³/mol. The lowest BCUT2D eigenvalue weighted by Gasteiger charge is -2.51. The third kappa shape index (κ3) is 3.40. The van der Waals surface area contributed by atoms with Gasteiger partial charge < -0.3 is 14.8 Å². The van der Waals surface area contributed by atoms with Gasteiger partial charge in [-0.1, -0.05) is 0 Å². The van der Waals surface area contributed by atoms with Crippen LogP contribution in [0, 0.1) is 11.3 Å². The van der Waals surface area contributed by atoms with Crippen LogP contribution in [0.25, 0.3) is 0 Å². The second kappa shape index (κ2) is 7.28. The van der Waals surface area contributed by atoms with Gasteiger partial charge in [0.05, 0.1) is 6.07 Å². The summed E-state index contributed by atoms with van der Waals surface area (Å²) in [6.07, 6.45) is 4.33. The fourth-order valence-electron chi connectivity index (χ4n) is 3.92. The average molecular weight is 343 g/mol. The Morgan fingerprint density at radius 2 is 2.08 bits per heavy atom. The molecular weight excluding hydrogens is 318 g/mol. The molecule has 2 amide bonds. The molecule has 2 saturated heterocycles. The molecule has 0 unspecified atom stereocenters. The van der Waals surface area contributed by atoms with Crippen LogP contribution >= 0.6 is 0 Å². The number of nitrogens with one attached hydrogen (secondary N) is 1. The van der Waals surface area contributed by atoms with Gasteiger partial charge >= 0.3 is 0 Å². The van der Waals surface area contributed by atoms with E-state index in [1.165, 1.54) is 0 Å². The molecule has 7 heteroatoms. The maximum absolute atomic E-state index is 12.9. The van der Waals surface area contributed by atoms with Crippen LogP contribution in [-0.2, 0) is 16.0 Å². The molecule has 2 fully saturated rings. The Hall–Kier alpha value is -2.33. The van der Waals surface area contributed by atoms with Crippen molar-refractivity contribution in [2.75, 3.05) is 39.8 Å². The van der Waals surface area contributed by atoms with Crippen LogP contribution in [0.5, 0.6) is 0 Å². The summed E-state index contributed by atoms with van der Waals surface area (Å²) in [6.45, 7) is 2.71. The zero-order valence-corrected chi connectivity index (χ0v) is 14.7. The average Bonchev–Trinajstić information content (AvgIpc) is 3.15. The van der Waals surface area contributed by atoms with E-state index in [1.807, 2.05) is 30.3 Å². The predicted octanol–water partition coefficient (Wildman–Crippen LogP) is 0.606. The van der Waals surface area contributed by atoms with Crippen LogP contribution in [0.15, 0.2) is 18.3 Å². The number of likely N-dealkylation sites (N-methyl/N-ethyl adjacent to an activating group) is 1. The molecular formula is C18H25N5O2. The SMILES string of the molecule is CN1CCN(CC#N)C(=O)C12CCN(C(=O)CCc1ccc[nH]1)CC2. The van der Waals surface area contributed by atoms with Gasteiger partial charge in [0, 0.05) is 44.5 Å². The first kappa shape index (κ1) is 17.5. The highest BCUT2D eigenvalue weighted by Gasteiger charge is 2.49. The Balaban J connectivity index is 1.59. The van der Waals surface area contributed by atoms with Crippen molar-refractivity contribution in [3.05, 3.63) is 24.0 Å². The highest BCUT2D eigenvalue weighted by molar-refractivity contribution is 5.88. The van der Waals surface area contributed by atoms with Crippen LogP contribution in [-0.4, -0.2) is 76.8 Å². The maximum Gasteiger partial charge on any atom is 0.244 e. The van der Waals surface area contributed by atoms with Gasteiger partial charge in [0.25, 0.3) is 0 Å². The lowest BCUT2D eigenvalue weighted by atomic mass is 9.82. The molecule has 1 spiro atoms. The Morgan fingerprint density at radius 3 is 2.72 bits per heavy atom. The minimum atomic E-state index is -0.550. The fourth-order valence-corrected chi connectivity index (χ4v) is 3.92. The summed E-state index contributed by atoms with van der Waals surface area (Å²) >= 11 is 0. The number of likely N-dealkylation sites (tertiary alicyclic amines) is 1. The number of piperidine rings is 1. The number of aromatic amines is 1. The zero-order valence-electron chi connectivity index (χ0n) is 14.7. The van der Waals surface area contributed by atoms with E-state index in [9.17, 15) is 9.59 Å². The van der Waals surface area contributed by atoms with Crippen molar-refractivity contribution in [2.24, 2.45) is 0 Å². The minimum absolute atomic E-state index is 0.0429. The summed E-state index contributed by atoms with van der Waals surface area (Å²) in [5.74, 6) is 0.186. The topological polar surface area (TPSA) is 83.4 Å². The van der Waals surface area contributed by atoms with E-state index < -0.39 is 5.54 Å². The number of H-pyrrole nitrogens is 1. The van der Waals surface area contributed by atoms with Gasteiger partial charge in [0.15, 0.2) is 0 Å². The van der Waals surface area contributed by atoms with E-state index in [2.05, 4.69) is 16.0 Å². The van der Waals surface area contributed by atoms with E-state index in [1.54, 1.807) is 4.90 Å². The molecule has 1 aromatic heterocycles. The molecule has 0 atom stereocenters. The molecule has 0 aliphatic carbocycles. The third-order valence-corrected chi connectivity index (χ3v) is 5.60. The number of carbonyl (C=O) groups is 2. The Labute approximate surface area is 148 Å². The van der Waals surface area contributed by atoms with Crippen molar-refractivity contribution in [2.45, 2.75) is 31.2 Å². The van der Waals surface area contributed by atoms with Gasteiger partial charge in [0.1, 0.15) is 12.1 Å². The molecule has 0 radical (unpaired) electrons. The first-order valence-electron chi connectivity index (χ1n) is 8.84. The van der Waals surface area contributed by atoms with Crippen molar-refractivity contribution in [1.82, 2.24) is 19.7 Å². The van der Waals surface area contributed by atoms with E-state index in [-0.39, 0.29) is 18.4 Å². The number of aryl methyl sites for hydroxylation is 1. The number of hydrogen-bond acceptors (Lipinski definition) is 4. The molecule has 3 heterocycles. The lowest BCUT2D eigenvalue weighted by molar-refractivity contribution is -0.155. The smallest absolute Gasteiger partial charge is 0.244 e. The maximum atomic E-state index is 12.9. The van der Waals surface area contributed by atoms with Gasteiger partial charge in [-0.25, -0.2) is 0 Å². The Bertz CT molecular complexity index is 656. The van der Waals surface area contributed by atoms with E-state index >= 15 is 0 Å². The molecule has 134 valence electrons. The summed E-state index contributed by atoms with van der Waals surface area (Å²) in [4.78, 5) is 34.1. The van der Waals surface area contributed by atoms with Gasteiger partial charge in [-0.15, -0.1) is 0 Å². The van der Waals surface area contributed by atoms with Crippen LogP contribution in [0.1, 0.15) is 25.0 Å². The molecule has 0 aromatic carbocycles. The van der Waals surface area contributed by atoms with Gasteiger partial charge in [-0.05, 0) is 38.4 Å². The first-order valence-corrected chi connectivity index (χ1v) is 8.84. The molecule has 3 rings (SSSR count). The molecule has 0 bridgehead atoms. The van der Waals surface area contributed by atoms with E-state index in [0.29, 0.717) is 45.3 Å². The van der Waals surface area contributed by atoms with Crippen molar-refractivity contribution < 1.29 is 9.59 Å².